The van der Waals surface area contributed by atoms with E-state index in [9.17, 15) is 4.79 Å². The molecule has 1 aromatic carbocycles. The van der Waals surface area contributed by atoms with Gasteiger partial charge in [-0.3, -0.25) is 4.79 Å². The van der Waals surface area contributed by atoms with Crippen LogP contribution in [-0.2, 0) is 0 Å². The topological polar surface area (TPSA) is 58.1 Å². The number of benzene rings is 1. The summed E-state index contributed by atoms with van der Waals surface area (Å²) in [6, 6.07) is 12.0. The van der Waals surface area contributed by atoms with E-state index >= 15 is 0 Å². The maximum Gasteiger partial charge on any atom is 0.270 e. The molecule has 0 unspecified atom stereocenters. The highest BCUT2D eigenvalue weighted by molar-refractivity contribution is 5.93. The third-order valence-corrected chi connectivity index (χ3v) is 4.57. The van der Waals surface area contributed by atoms with Gasteiger partial charge in [-0.1, -0.05) is 30.3 Å². The first kappa shape index (κ1) is 15.1. The second-order valence-electron chi connectivity index (χ2n) is 6.60. The molecule has 0 bridgehead atoms. The molecule has 0 spiro atoms. The van der Waals surface area contributed by atoms with Gasteiger partial charge in [0, 0.05) is 30.8 Å². The van der Waals surface area contributed by atoms with Gasteiger partial charge in [-0.25, -0.2) is 9.97 Å². The van der Waals surface area contributed by atoms with Crippen LogP contribution in [0.1, 0.15) is 42.6 Å². The highest BCUT2D eigenvalue weighted by Crippen LogP contribution is 2.24. The summed E-state index contributed by atoms with van der Waals surface area (Å²) in [5, 5.41) is 3.03. The average molecular weight is 322 g/mol. The van der Waals surface area contributed by atoms with E-state index in [1.807, 2.05) is 36.4 Å². The van der Waals surface area contributed by atoms with E-state index in [1.165, 1.54) is 19.3 Å². The van der Waals surface area contributed by atoms with Gasteiger partial charge < -0.3 is 10.2 Å². The lowest BCUT2D eigenvalue weighted by Gasteiger charge is -2.28. The van der Waals surface area contributed by atoms with Crippen molar-refractivity contribution in [2.75, 3.05) is 18.0 Å². The minimum absolute atomic E-state index is 0.0876. The van der Waals surface area contributed by atoms with Gasteiger partial charge in [-0.05, 0) is 32.1 Å². The lowest BCUT2D eigenvalue weighted by atomic mass is 10.1. The largest absolute Gasteiger partial charge is 0.356 e. The van der Waals surface area contributed by atoms with Crippen LogP contribution in [0.3, 0.4) is 0 Å². The van der Waals surface area contributed by atoms with Crippen molar-refractivity contribution in [1.82, 2.24) is 15.3 Å². The van der Waals surface area contributed by atoms with E-state index in [-0.39, 0.29) is 5.91 Å². The van der Waals surface area contributed by atoms with Crippen molar-refractivity contribution in [2.45, 2.75) is 38.1 Å². The number of hydrogen-bond donors (Lipinski definition) is 1. The normalized spacial score (nSPS) is 17.6. The molecule has 2 fully saturated rings. The van der Waals surface area contributed by atoms with Gasteiger partial charge in [0.25, 0.3) is 5.91 Å². The molecule has 1 amide bonds. The molecule has 2 heterocycles. The number of anilines is 1. The Morgan fingerprint density at radius 2 is 1.79 bits per heavy atom. The molecule has 24 heavy (non-hydrogen) atoms. The Kier molecular flexibility index (Phi) is 4.15. The first-order chi connectivity index (χ1) is 11.8. The molecule has 1 aliphatic carbocycles. The molecule has 1 N–H and O–H groups in total. The summed E-state index contributed by atoms with van der Waals surface area (Å²) in [5.74, 6) is 1.40. The van der Waals surface area contributed by atoms with Gasteiger partial charge in [0.1, 0.15) is 11.5 Å². The molecule has 5 nitrogen and oxygen atoms in total. The monoisotopic (exact) mass is 322 g/mol. The molecular formula is C19H22N4O. The number of amides is 1. The van der Waals surface area contributed by atoms with Crippen LogP contribution in [0.2, 0.25) is 0 Å². The first-order valence-corrected chi connectivity index (χ1v) is 8.80. The van der Waals surface area contributed by atoms with E-state index in [1.54, 1.807) is 0 Å². The van der Waals surface area contributed by atoms with Gasteiger partial charge in [-0.15, -0.1) is 0 Å². The molecule has 0 atom stereocenters. The fourth-order valence-electron chi connectivity index (χ4n) is 3.04. The molecule has 1 saturated carbocycles. The van der Waals surface area contributed by atoms with Crippen LogP contribution in [0.4, 0.5) is 5.82 Å². The Labute approximate surface area is 142 Å². The van der Waals surface area contributed by atoms with Crippen LogP contribution >= 0.6 is 0 Å². The van der Waals surface area contributed by atoms with Gasteiger partial charge in [0.05, 0.1) is 0 Å². The number of carbonyl (C=O) groups is 1. The molecule has 1 saturated heterocycles. The number of hydrogen-bond acceptors (Lipinski definition) is 4. The second kappa shape index (κ2) is 6.59. The maximum absolute atomic E-state index is 12.5. The van der Waals surface area contributed by atoms with Gasteiger partial charge in [0.15, 0.2) is 5.82 Å². The summed E-state index contributed by atoms with van der Waals surface area (Å²) in [5.41, 5.74) is 1.41. The number of carbonyl (C=O) groups excluding carboxylic acids is 1. The molecule has 2 aliphatic rings. The highest BCUT2D eigenvalue weighted by atomic mass is 16.2. The third-order valence-electron chi connectivity index (χ3n) is 4.57. The van der Waals surface area contributed by atoms with Crippen molar-refractivity contribution >= 4 is 11.7 Å². The second-order valence-corrected chi connectivity index (χ2v) is 6.60. The van der Waals surface area contributed by atoms with Gasteiger partial charge in [-0.2, -0.15) is 0 Å². The molecule has 2 aromatic rings. The number of piperidine rings is 1. The SMILES string of the molecule is O=C(NC1CC1)c1cc(N2CCCCC2)nc(-c2ccccc2)n1. The predicted molar refractivity (Wildman–Crippen MR) is 94.0 cm³/mol. The third kappa shape index (κ3) is 3.40. The Balaban J connectivity index is 1.70. The van der Waals surface area contributed by atoms with Crippen molar-refractivity contribution in [3.63, 3.8) is 0 Å². The summed E-state index contributed by atoms with van der Waals surface area (Å²) in [6.45, 7) is 1.99. The van der Waals surface area contributed by atoms with E-state index in [0.29, 0.717) is 17.6 Å². The van der Waals surface area contributed by atoms with Crippen molar-refractivity contribution in [3.05, 3.63) is 42.1 Å². The smallest absolute Gasteiger partial charge is 0.270 e. The zero-order valence-electron chi connectivity index (χ0n) is 13.7. The number of rotatable bonds is 4. The average Bonchev–Trinajstić information content (AvgIpc) is 3.47. The minimum atomic E-state index is -0.0876. The van der Waals surface area contributed by atoms with Crippen molar-refractivity contribution < 1.29 is 4.79 Å². The lowest BCUT2D eigenvalue weighted by Crippen LogP contribution is -2.31. The van der Waals surface area contributed by atoms with Gasteiger partial charge in [0.2, 0.25) is 0 Å². The number of nitrogens with one attached hydrogen (secondary N) is 1. The Morgan fingerprint density at radius 3 is 2.50 bits per heavy atom. The summed E-state index contributed by atoms with van der Waals surface area (Å²) >= 11 is 0. The van der Waals surface area contributed by atoms with Gasteiger partial charge >= 0.3 is 0 Å². The van der Waals surface area contributed by atoms with Crippen LogP contribution < -0.4 is 10.2 Å². The summed E-state index contributed by atoms with van der Waals surface area (Å²) in [4.78, 5) is 24.0. The van der Waals surface area contributed by atoms with Crippen LogP contribution in [0, 0.1) is 0 Å². The Bertz CT molecular complexity index is 721. The number of nitrogens with zero attached hydrogens (tertiary/aromatic N) is 3. The maximum atomic E-state index is 12.5. The Morgan fingerprint density at radius 1 is 1.04 bits per heavy atom. The fraction of sp³-hybridized carbons (Fsp3) is 0.421. The van der Waals surface area contributed by atoms with E-state index in [0.717, 1.165) is 37.3 Å². The van der Waals surface area contributed by atoms with E-state index in [2.05, 4.69) is 15.2 Å². The minimum Gasteiger partial charge on any atom is -0.356 e. The fourth-order valence-corrected chi connectivity index (χ4v) is 3.04. The van der Waals surface area contributed by atoms with Crippen LogP contribution in [0.25, 0.3) is 11.4 Å². The summed E-state index contributed by atoms with van der Waals surface area (Å²) in [7, 11) is 0. The van der Waals surface area contributed by atoms with Crippen LogP contribution in [0.15, 0.2) is 36.4 Å². The highest BCUT2D eigenvalue weighted by Gasteiger charge is 2.25. The van der Waals surface area contributed by atoms with Crippen molar-refractivity contribution in [3.8, 4) is 11.4 Å². The Hall–Kier alpha value is -2.43. The van der Waals surface area contributed by atoms with E-state index < -0.39 is 0 Å². The lowest BCUT2D eigenvalue weighted by molar-refractivity contribution is 0.0946. The zero-order valence-corrected chi connectivity index (χ0v) is 13.7. The standard InChI is InChI=1S/C19H22N4O/c24-19(20-15-9-10-15)16-13-17(23-11-5-2-6-12-23)22-18(21-16)14-7-3-1-4-8-14/h1,3-4,7-8,13,15H,2,5-6,9-12H2,(H,20,24). The zero-order chi connectivity index (χ0) is 16.4. The molecule has 1 aromatic heterocycles. The molecule has 0 radical (unpaired) electrons. The summed E-state index contributed by atoms with van der Waals surface area (Å²) < 4.78 is 0. The van der Waals surface area contributed by atoms with Crippen molar-refractivity contribution in [1.29, 1.82) is 0 Å². The van der Waals surface area contributed by atoms with Crippen LogP contribution in [-0.4, -0.2) is 35.0 Å². The first-order valence-electron chi connectivity index (χ1n) is 8.80. The quantitative estimate of drug-likeness (QED) is 0.940. The molecule has 124 valence electrons. The van der Waals surface area contributed by atoms with Crippen LogP contribution in [0.5, 0.6) is 0 Å². The van der Waals surface area contributed by atoms with Crippen molar-refractivity contribution in [2.24, 2.45) is 0 Å². The molecule has 5 heteroatoms. The predicted octanol–water partition coefficient (Wildman–Crippen LogP) is 3.03. The molecule has 4 rings (SSSR count). The summed E-state index contributed by atoms with van der Waals surface area (Å²) in [6.07, 6.45) is 5.76. The molecule has 1 aliphatic heterocycles. The van der Waals surface area contributed by atoms with E-state index in [4.69, 9.17) is 4.98 Å². The molecular weight excluding hydrogens is 300 g/mol. The number of aromatic nitrogens is 2.